The van der Waals surface area contributed by atoms with Gasteiger partial charge in [-0.2, -0.15) is 4.98 Å². The average Bonchev–Trinajstić information content (AvgIpc) is 3.26. The van der Waals surface area contributed by atoms with Crippen molar-refractivity contribution in [2.75, 3.05) is 11.9 Å². The van der Waals surface area contributed by atoms with Crippen molar-refractivity contribution in [3.8, 4) is 0 Å². The van der Waals surface area contributed by atoms with E-state index in [4.69, 9.17) is 4.74 Å². The number of aromatic nitrogens is 2. The van der Waals surface area contributed by atoms with Crippen LogP contribution in [-0.2, 0) is 21.7 Å². The number of nitrogens with zero attached hydrogens (tertiary/aromatic N) is 3. The van der Waals surface area contributed by atoms with Crippen molar-refractivity contribution in [2.24, 2.45) is 0 Å². The van der Waals surface area contributed by atoms with Gasteiger partial charge in [-0.15, -0.1) is 0 Å². The molecule has 0 spiro atoms. The smallest absolute Gasteiger partial charge is 0.351 e. The molecule has 3 heterocycles. The third kappa shape index (κ3) is 4.18. The summed E-state index contributed by atoms with van der Waals surface area (Å²) in [5, 5.41) is 34.9. The Morgan fingerprint density at radius 1 is 0.905 bits per heavy atom. The van der Waals surface area contributed by atoms with Gasteiger partial charge in [-0.3, -0.25) is 23.9 Å². The Hall–Kier alpha value is -4.23. The number of carbonyl (C=O) groups is 3. The molecule has 0 radical (unpaired) electrons. The molecule has 42 heavy (non-hydrogen) atoms. The lowest BCUT2D eigenvalue weighted by molar-refractivity contribution is -0.196. The summed E-state index contributed by atoms with van der Waals surface area (Å²) in [5.41, 5.74) is -7.40. The molecule has 220 valence electrons. The van der Waals surface area contributed by atoms with E-state index in [0.717, 1.165) is 9.47 Å². The molecule has 4 N–H and O–H groups in total. The van der Waals surface area contributed by atoms with Crippen molar-refractivity contribution in [1.82, 2.24) is 14.5 Å². The number of hydrogen-bond donors (Lipinski definition) is 4. The number of benzene rings is 2. The van der Waals surface area contributed by atoms with Gasteiger partial charge in [0, 0.05) is 12.6 Å². The largest absolute Gasteiger partial charge is 0.393 e. The molecule has 2 aliphatic rings. The third-order valence-corrected chi connectivity index (χ3v) is 8.83. The van der Waals surface area contributed by atoms with Gasteiger partial charge in [-0.05, 0) is 51.5 Å². The van der Waals surface area contributed by atoms with Crippen LogP contribution < -0.4 is 11.0 Å². The Morgan fingerprint density at radius 3 is 2.00 bits per heavy atom. The highest BCUT2D eigenvalue weighted by Gasteiger charge is 2.73. The number of carbonyl (C=O) groups excluding carboxylic acids is 3. The number of anilines is 1. The molecular formula is C30H32N4O8. The molecule has 3 amide bonds. The molecule has 1 fully saturated rings. The molecule has 5 atom stereocenters. The van der Waals surface area contributed by atoms with Crippen LogP contribution in [0, 0.1) is 0 Å². The van der Waals surface area contributed by atoms with Crippen molar-refractivity contribution >= 4 is 23.5 Å². The summed E-state index contributed by atoms with van der Waals surface area (Å²) in [4.78, 5) is 58.2. The molecule has 2 aromatic carbocycles. The van der Waals surface area contributed by atoms with Crippen molar-refractivity contribution in [3.05, 3.63) is 94.0 Å². The van der Waals surface area contributed by atoms with Gasteiger partial charge >= 0.3 is 5.69 Å². The molecule has 0 bridgehead atoms. The first-order valence-corrected chi connectivity index (χ1v) is 13.4. The van der Waals surface area contributed by atoms with Crippen LogP contribution in [0.15, 0.2) is 71.7 Å². The van der Waals surface area contributed by atoms with Gasteiger partial charge in [0.2, 0.25) is 5.91 Å². The molecule has 3 aromatic rings. The highest BCUT2D eigenvalue weighted by molar-refractivity contribution is 6.23. The first-order chi connectivity index (χ1) is 19.7. The van der Waals surface area contributed by atoms with Crippen molar-refractivity contribution in [1.29, 1.82) is 0 Å². The molecule has 2 aliphatic heterocycles. The summed E-state index contributed by atoms with van der Waals surface area (Å²) in [6, 6.07) is 15.2. The molecule has 12 nitrogen and oxygen atoms in total. The molecule has 5 rings (SSSR count). The molecule has 1 saturated heterocycles. The van der Waals surface area contributed by atoms with Gasteiger partial charge in [-0.25, -0.2) is 4.79 Å². The topological polar surface area (TPSA) is 171 Å². The maximum absolute atomic E-state index is 13.6. The highest BCUT2D eigenvalue weighted by atomic mass is 16.6. The first kappa shape index (κ1) is 29.3. The average molecular weight is 577 g/mol. The fraction of sp³-hybridized carbons (Fsp3) is 0.367. The Labute approximate surface area is 241 Å². The fourth-order valence-electron chi connectivity index (χ4n) is 5.71. The first-order valence-electron chi connectivity index (χ1n) is 13.4. The summed E-state index contributed by atoms with van der Waals surface area (Å²) in [5.74, 6) is -2.14. The zero-order valence-electron chi connectivity index (χ0n) is 23.6. The van der Waals surface area contributed by atoms with Crippen LogP contribution in [-0.4, -0.2) is 76.9 Å². The molecule has 5 unspecified atom stereocenters. The van der Waals surface area contributed by atoms with Gasteiger partial charge in [0.25, 0.3) is 11.8 Å². The van der Waals surface area contributed by atoms with E-state index >= 15 is 0 Å². The van der Waals surface area contributed by atoms with Crippen molar-refractivity contribution < 1.29 is 34.4 Å². The maximum Gasteiger partial charge on any atom is 0.351 e. The van der Waals surface area contributed by atoms with E-state index < -0.39 is 58.6 Å². The predicted octanol–water partition coefficient (Wildman–Crippen LogP) is 1.05. The second-order valence-corrected chi connectivity index (χ2v) is 11.3. The zero-order valence-corrected chi connectivity index (χ0v) is 23.6. The van der Waals surface area contributed by atoms with E-state index in [0.29, 0.717) is 5.56 Å². The normalized spacial score (nSPS) is 29.5. The summed E-state index contributed by atoms with van der Waals surface area (Å²) in [6.07, 6.45) is 1.24. The number of imide groups is 1. The summed E-state index contributed by atoms with van der Waals surface area (Å²) < 4.78 is 6.90. The van der Waals surface area contributed by atoms with E-state index in [-0.39, 0.29) is 23.4 Å². The quantitative estimate of drug-likeness (QED) is 0.300. The summed E-state index contributed by atoms with van der Waals surface area (Å²) >= 11 is 0. The number of ether oxygens (including phenoxy) is 1. The number of amides is 3. The van der Waals surface area contributed by atoms with Crippen LogP contribution in [0.2, 0.25) is 0 Å². The number of aliphatic hydroxyl groups is 3. The second-order valence-electron chi connectivity index (χ2n) is 11.3. The third-order valence-electron chi connectivity index (χ3n) is 8.83. The number of fused-ring (bicyclic) bond motifs is 1. The van der Waals surface area contributed by atoms with E-state index in [9.17, 15) is 34.5 Å². The van der Waals surface area contributed by atoms with Gasteiger partial charge in [-0.1, -0.05) is 42.5 Å². The SMILES string of the molecule is CC1(CO)OC(C)(n2ccc(NC(=O)C(Cc3ccccc3)N3C(=O)c4ccccc4C3=O)nc2=O)C(C)(O)C1(C)O. The Kier molecular flexibility index (Phi) is 6.93. The Bertz CT molecular complexity index is 1600. The lowest BCUT2D eigenvalue weighted by atomic mass is 9.73. The van der Waals surface area contributed by atoms with Gasteiger partial charge in [0.1, 0.15) is 28.7 Å². The van der Waals surface area contributed by atoms with Gasteiger partial charge in [0.05, 0.1) is 17.7 Å². The van der Waals surface area contributed by atoms with Crippen LogP contribution in [0.25, 0.3) is 0 Å². The van der Waals surface area contributed by atoms with E-state index in [1.807, 2.05) is 0 Å². The maximum atomic E-state index is 13.6. The number of nitrogens with one attached hydrogen (secondary N) is 1. The molecule has 0 aliphatic carbocycles. The van der Waals surface area contributed by atoms with E-state index in [1.165, 1.54) is 52.1 Å². The summed E-state index contributed by atoms with van der Waals surface area (Å²) in [7, 11) is 0. The minimum atomic E-state index is -2.07. The lowest BCUT2D eigenvalue weighted by Crippen LogP contribution is -2.64. The number of aliphatic hydroxyl groups excluding tert-OH is 1. The Morgan fingerprint density at radius 2 is 1.48 bits per heavy atom. The van der Waals surface area contributed by atoms with Crippen molar-refractivity contribution in [3.63, 3.8) is 0 Å². The highest BCUT2D eigenvalue weighted by Crippen LogP contribution is 2.53. The number of hydrogen-bond acceptors (Lipinski definition) is 9. The van der Waals surface area contributed by atoms with Crippen LogP contribution in [0.4, 0.5) is 5.82 Å². The fourth-order valence-corrected chi connectivity index (χ4v) is 5.71. The van der Waals surface area contributed by atoms with Crippen LogP contribution in [0.1, 0.15) is 54.0 Å². The Balaban J connectivity index is 1.46. The monoisotopic (exact) mass is 576 g/mol. The second kappa shape index (κ2) is 9.95. The van der Waals surface area contributed by atoms with Gasteiger partial charge < -0.3 is 25.4 Å². The molecular weight excluding hydrogens is 544 g/mol. The van der Waals surface area contributed by atoms with Crippen LogP contribution in [0.3, 0.4) is 0 Å². The van der Waals surface area contributed by atoms with E-state index in [2.05, 4.69) is 10.3 Å². The molecule has 1 aromatic heterocycles. The van der Waals surface area contributed by atoms with Crippen LogP contribution >= 0.6 is 0 Å². The summed E-state index contributed by atoms with van der Waals surface area (Å²) in [6.45, 7) is 4.72. The van der Waals surface area contributed by atoms with E-state index in [1.54, 1.807) is 42.5 Å². The minimum Gasteiger partial charge on any atom is -0.393 e. The zero-order chi connectivity index (χ0) is 30.7. The number of rotatable bonds is 7. The molecule has 12 heteroatoms. The predicted molar refractivity (Wildman–Crippen MR) is 149 cm³/mol. The van der Waals surface area contributed by atoms with Gasteiger partial charge in [0.15, 0.2) is 5.72 Å². The van der Waals surface area contributed by atoms with Crippen molar-refractivity contribution in [2.45, 2.75) is 62.7 Å². The minimum absolute atomic E-state index is 0.0127. The van der Waals surface area contributed by atoms with Crippen LogP contribution in [0.5, 0.6) is 0 Å². The standard InChI is InChI=1S/C30H32N4O8/c1-27(17-35)28(2,40)29(3,41)30(4,42-27)33-15-14-22(32-26(33)39)31-23(36)21(16-18-10-6-5-7-11-18)34-24(37)19-12-8-9-13-20(19)25(34)38/h5-15,21,35,40-41H,16-17H2,1-4H3,(H,31,32,36,39). The molecule has 0 saturated carbocycles. The lowest BCUT2D eigenvalue weighted by Gasteiger charge is -2.42.